The van der Waals surface area contributed by atoms with E-state index in [0.29, 0.717) is 0 Å². The number of benzene rings is 1. The summed E-state index contributed by atoms with van der Waals surface area (Å²) in [7, 11) is 0. The highest BCUT2D eigenvalue weighted by atomic mass is 19.1. The van der Waals surface area contributed by atoms with Crippen LogP contribution in [-0.2, 0) is 6.42 Å². The first kappa shape index (κ1) is 7.35. The number of halogens is 1. The molecule has 0 amide bonds. The Labute approximate surface area is 70.5 Å². The molecule has 0 aliphatic carbocycles. The second-order valence-corrected chi connectivity index (χ2v) is 2.78. The predicted octanol–water partition coefficient (Wildman–Crippen LogP) is 2.66. The number of aryl methyl sites for hydroxylation is 1. The van der Waals surface area contributed by atoms with Crippen LogP contribution in [0, 0.1) is 5.82 Å². The maximum Gasteiger partial charge on any atom is 0.129 e. The monoisotopic (exact) mass is 164 g/mol. The summed E-state index contributed by atoms with van der Waals surface area (Å²) in [6.07, 6.45) is 5.36. The van der Waals surface area contributed by atoms with Crippen molar-refractivity contribution in [1.82, 2.24) is 0 Å². The number of hydrogen-bond acceptors (Lipinski definition) is 1. The van der Waals surface area contributed by atoms with Gasteiger partial charge >= 0.3 is 0 Å². The minimum absolute atomic E-state index is 0.195. The third-order valence-electron chi connectivity index (χ3n) is 1.89. The molecule has 1 heterocycles. The zero-order chi connectivity index (χ0) is 8.39. The molecule has 1 aliphatic heterocycles. The number of fused-ring (bicyclic) bond motifs is 1. The van der Waals surface area contributed by atoms with E-state index < -0.39 is 0 Å². The summed E-state index contributed by atoms with van der Waals surface area (Å²) in [4.78, 5) is 0. The SMILES string of the molecule is Fc1ccc2c(c1)CCC=CO2. The van der Waals surface area contributed by atoms with E-state index in [1.165, 1.54) is 12.1 Å². The summed E-state index contributed by atoms with van der Waals surface area (Å²) in [5.74, 6) is 0.574. The van der Waals surface area contributed by atoms with Gasteiger partial charge in [0.15, 0.2) is 0 Å². The molecular formula is C10H9FO. The van der Waals surface area contributed by atoms with Crippen LogP contribution in [0.2, 0.25) is 0 Å². The van der Waals surface area contributed by atoms with Gasteiger partial charge in [0.2, 0.25) is 0 Å². The number of allylic oxidation sites excluding steroid dienone is 1. The first-order valence-electron chi connectivity index (χ1n) is 3.96. The Kier molecular flexibility index (Phi) is 1.82. The van der Waals surface area contributed by atoms with E-state index in [-0.39, 0.29) is 5.82 Å². The molecule has 0 radical (unpaired) electrons. The lowest BCUT2D eigenvalue weighted by atomic mass is 10.1. The van der Waals surface area contributed by atoms with Gasteiger partial charge in [0.25, 0.3) is 0 Å². The number of ether oxygens (including phenoxy) is 1. The van der Waals surface area contributed by atoms with Gasteiger partial charge in [0.05, 0.1) is 6.26 Å². The molecule has 2 heteroatoms. The standard InChI is InChI=1S/C10H9FO/c11-9-4-5-10-8(7-9)3-1-2-6-12-10/h2,4-7H,1,3H2. The summed E-state index contributed by atoms with van der Waals surface area (Å²) in [6, 6.07) is 4.61. The van der Waals surface area contributed by atoms with Crippen molar-refractivity contribution >= 4 is 0 Å². The molecule has 0 spiro atoms. The number of hydrogen-bond donors (Lipinski definition) is 0. The van der Waals surface area contributed by atoms with Crippen molar-refractivity contribution < 1.29 is 9.13 Å². The third-order valence-corrected chi connectivity index (χ3v) is 1.89. The van der Waals surface area contributed by atoms with Crippen molar-refractivity contribution in [1.29, 1.82) is 0 Å². The van der Waals surface area contributed by atoms with E-state index in [2.05, 4.69) is 0 Å². The largest absolute Gasteiger partial charge is 0.465 e. The van der Waals surface area contributed by atoms with Gasteiger partial charge in [-0.3, -0.25) is 0 Å². The van der Waals surface area contributed by atoms with Gasteiger partial charge in [0.1, 0.15) is 11.6 Å². The lowest BCUT2D eigenvalue weighted by molar-refractivity contribution is 0.477. The smallest absolute Gasteiger partial charge is 0.129 e. The first-order chi connectivity index (χ1) is 5.86. The van der Waals surface area contributed by atoms with Crippen LogP contribution < -0.4 is 4.74 Å². The molecule has 1 aromatic rings. The van der Waals surface area contributed by atoms with E-state index in [4.69, 9.17) is 4.74 Å². The van der Waals surface area contributed by atoms with Gasteiger partial charge in [0, 0.05) is 0 Å². The Morgan fingerprint density at radius 2 is 2.25 bits per heavy atom. The zero-order valence-electron chi connectivity index (χ0n) is 6.59. The molecule has 0 atom stereocenters. The molecule has 0 saturated carbocycles. The lowest BCUT2D eigenvalue weighted by Gasteiger charge is -2.04. The Morgan fingerprint density at radius 1 is 1.33 bits per heavy atom. The molecule has 12 heavy (non-hydrogen) atoms. The van der Waals surface area contributed by atoms with Crippen LogP contribution in [0.5, 0.6) is 5.75 Å². The molecule has 0 aromatic heterocycles. The van der Waals surface area contributed by atoms with Gasteiger partial charge in [-0.25, -0.2) is 4.39 Å². The van der Waals surface area contributed by atoms with Crippen LogP contribution in [-0.4, -0.2) is 0 Å². The van der Waals surface area contributed by atoms with E-state index in [1.807, 2.05) is 6.08 Å². The fourth-order valence-electron chi connectivity index (χ4n) is 1.29. The fraction of sp³-hybridized carbons (Fsp3) is 0.200. The highest BCUT2D eigenvalue weighted by Crippen LogP contribution is 2.23. The molecule has 1 nitrogen and oxygen atoms in total. The Hall–Kier alpha value is -1.31. The van der Waals surface area contributed by atoms with Crippen molar-refractivity contribution in [2.75, 3.05) is 0 Å². The number of rotatable bonds is 0. The van der Waals surface area contributed by atoms with Crippen LogP contribution in [0.3, 0.4) is 0 Å². The fourth-order valence-corrected chi connectivity index (χ4v) is 1.29. The van der Waals surface area contributed by atoms with Crippen molar-refractivity contribution in [2.45, 2.75) is 12.8 Å². The molecule has 62 valence electrons. The maximum atomic E-state index is 12.8. The van der Waals surface area contributed by atoms with E-state index in [0.717, 1.165) is 24.2 Å². The average Bonchev–Trinajstić information content (AvgIpc) is 2.28. The van der Waals surface area contributed by atoms with Crippen molar-refractivity contribution in [2.24, 2.45) is 0 Å². The van der Waals surface area contributed by atoms with Gasteiger partial charge in [-0.15, -0.1) is 0 Å². The molecule has 2 rings (SSSR count). The quantitative estimate of drug-likeness (QED) is 0.572. The van der Waals surface area contributed by atoms with E-state index >= 15 is 0 Å². The average molecular weight is 164 g/mol. The van der Waals surface area contributed by atoms with Crippen LogP contribution in [0.25, 0.3) is 0 Å². The Morgan fingerprint density at radius 3 is 3.17 bits per heavy atom. The minimum Gasteiger partial charge on any atom is -0.465 e. The van der Waals surface area contributed by atoms with E-state index in [1.54, 1.807) is 12.3 Å². The maximum absolute atomic E-state index is 12.8. The molecule has 0 fully saturated rings. The molecule has 0 unspecified atom stereocenters. The molecule has 0 N–H and O–H groups in total. The predicted molar refractivity (Wildman–Crippen MR) is 44.5 cm³/mol. The molecule has 0 saturated heterocycles. The van der Waals surface area contributed by atoms with Gasteiger partial charge in [-0.1, -0.05) is 0 Å². The topological polar surface area (TPSA) is 9.23 Å². The van der Waals surface area contributed by atoms with Crippen molar-refractivity contribution in [3.63, 3.8) is 0 Å². The summed E-state index contributed by atoms with van der Waals surface area (Å²) in [6.45, 7) is 0. The summed E-state index contributed by atoms with van der Waals surface area (Å²) in [5.41, 5.74) is 0.944. The van der Waals surface area contributed by atoms with Gasteiger partial charge in [-0.05, 0) is 42.7 Å². The van der Waals surface area contributed by atoms with Crippen molar-refractivity contribution in [3.05, 3.63) is 41.9 Å². The van der Waals surface area contributed by atoms with Crippen LogP contribution in [0.4, 0.5) is 4.39 Å². The lowest BCUT2D eigenvalue weighted by Crippen LogP contribution is -1.88. The summed E-state index contributed by atoms with van der Waals surface area (Å²) >= 11 is 0. The van der Waals surface area contributed by atoms with Crippen molar-refractivity contribution in [3.8, 4) is 5.75 Å². The minimum atomic E-state index is -0.195. The molecule has 1 aliphatic rings. The van der Waals surface area contributed by atoms with Crippen LogP contribution >= 0.6 is 0 Å². The second-order valence-electron chi connectivity index (χ2n) is 2.78. The highest BCUT2D eigenvalue weighted by Gasteiger charge is 2.05. The Balaban J connectivity index is 2.42. The van der Waals surface area contributed by atoms with Gasteiger partial charge in [-0.2, -0.15) is 0 Å². The third kappa shape index (κ3) is 1.33. The van der Waals surface area contributed by atoms with Crippen LogP contribution in [0.1, 0.15) is 12.0 Å². The van der Waals surface area contributed by atoms with Crippen LogP contribution in [0.15, 0.2) is 30.5 Å². The zero-order valence-corrected chi connectivity index (χ0v) is 6.59. The first-order valence-corrected chi connectivity index (χ1v) is 3.96. The van der Waals surface area contributed by atoms with E-state index in [9.17, 15) is 4.39 Å². The Bertz CT molecular complexity index is 318. The second kappa shape index (κ2) is 2.97. The van der Waals surface area contributed by atoms with Gasteiger partial charge < -0.3 is 4.74 Å². The summed E-state index contributed by atoms with van der Waals surface area (Å²) in [5, 5.41) is 0. The summed E-state index contributed by atoms with van der Waals surface area (Å²) < 4.78 is 18.0. The molecule has 1 aromatic carbocycles. The normalized spacial score (nSPS) is 14.8. The highest BCUT2D eigenvalue weighted by molar-refractivity contribution is 5.35. The molecular weight excluding hydrogens is 155 g/mol. The molecule has 0 bridgehead atoms.